The summed E-state index contributed by atoms with van der Waals surface area (Å²) < 4.78 is 15.1. The van der Waals surface area contributed by atoms with Gasteiger partial charge in [0, 0.05) is 12.8 Å². The highest BCUT2D eigenvalue weighted by Gasteiger charge is 2.10. The van der Waals surface area contributed by atoms with Crippen molar-refractivity contribution in [1.82, 2.24) is 0 Å². The highest BCUT2D eigenvalue weighted by atomic mass is 16.6. The second-order valence-electron chi connectivity index (χ2n) is 6.25. The summed E-state index contributed by atoms with van der Waals surface area (Å²) in [5, 5.41) is 0. The van der Waals surface area contributed by atoms with Gasteiger partial charge in [0.1, 0.15) is 11.5 Å². The fourth-order valence-corrected chi connectivity index (χ4v) is 2.69. The molecule has 5 heteroatoms. The molecule has 0 saturated heterocycles. The van der Waals surface area contributed by atoms with Gasteiger partial charge in [-0.2, -0.15) is 0 Å². The van der Waals surface area contributed by atoms with Gasteiger partial charge in [0.05, 0.1) is 14.2 Å². The molecule has 0 fully saturated rings. The molecule has 0 saturated carbocycles. The number of aryl methyl sites for hydroxylation is 2. The highest BCUT2D eigenvalue weighted by molar-refractivity contribution is 5.85. The number of benzene rings is 2. The van der Waals surface area contributed by atoms with Crippen LogP contribution in [0.3, 0.4) is 0 Å². The zero-order chi connectivity index (χ0) is 19.5. The number of carbonyl (C=O) groups excluding carboxylic acids is 2. The topological polar surface area (TPSA) is 61.8 Å². The molecule has 144 valence electrons. The molecule has 0 amide bonds. The lowest BCUT2D eigenvalue weighted by molar-refractivity contribution is -0.159. The zero-order valence-corrected chi connectivity index (χ0v) is 15.9. The number of ether oxygens (including phenoxy) is 3. The van der Waals surface area contributed by atoms with Crippen LogP contribution in [0.1, 0.15) is 36.8 Å². The number of carbonyl (C=O) groups is 2. The van der Waals surface area contributed by atoms with Crippen LogP contribution in [0.25, 0.3) is 0 Å². The number of rotatable bonds is 10. The van der Waals surface area contributed by atoms with Gasteiger partial charge in [0.25, 0.3) is 0 Å². The third-order valence-corrected chi connectivity index (χ3v) is 4.24. The van der Waals surface area contributed by atoms with Crippen LogP contribution < -0.4 is 9.47 Å². The fraction of sp³-hybridized carbons (Fsp3) is 0.364. The summed E-state index contributed by atoms with van der Waals surface area (Å²) in [7, 11) is 3.25. The molecule has 0 heterocycles. The Morgan fingerprint density at radius 2 is 1.04 bits per heavy atom. The maximum Gasteiger partial charge on any atom is 0.313 e. The molecule has 0 aliphatic carbocycles. The first kappa shape index (κ1) is 20.5. The fourth-order valence-electron chi connectivity index (χ4n) is 2.69. The van der Waals surface area contributed by atoms with Crippen LogP contribution in [0.2, 0.25) is 0 Å². The van der Waals surface area contributed by atoms with Crippen molar-refractivity contribution >= 4 is 11.9 Å². The standard InChI is InChI=1S/C22H26O5/c1-25-19-13-9-17(10-14-19)5-3-7-21(23)27-22(24)8-4-6-18-11-15-20(26-2)16-12-18/h9-16H,3-8H2,1-2H3. The van der Waals surface area contributed by atoms with Crippen LogP contribution in [0.4, 0.5) is 0 Å². The molecule has 0 aromatic heterocycles. The summed E-state index contributed by atoms with van der Waals surface area (Å²) in [6.07, 6.45) is 3.26. The minimum absolute atomic E-state index is 0.232. The predicted molar refractivity (Wildman–Crippen MR) is 103 cm³/mol. The Labute approximate surface area is 160 Å². The van der Waals surface area contributed by atoms with Gasteiger partial charge >= 0.3 is 11.9 Å². The third kappa shape index (κ3) is 7.52. The molecule has 0 atom stereocenters. The highest BCUT2D eigenvalue weighted by Crippen LogP contribution is 2.14. The Balaban J connectivity index is 1.60. The molecular weight excluding hydrogens is 344 g/mol. The van der Waals surface area contributed by atoms with Gasteiger partial charge in [-0.25, -0.2) is 0 Å². The van der Waals surface area contributed by atoms with E-state index in [0.717, 1.165) is 35.5 Å². The average molecular weight is 370 g/mol. The van der Waals surface area contributed by atoms with Crippen LogP contribution in [0.15, 0.2) is 48.5 Å². The van der Waals surface area contributed by atoms with E-state index in [1.807, 2.05) is 48.5 Å². The van der Waals surface area contributed by atoms with Crippen molar-refractivity contribution < 1.29 is 23.8 Å². The van der Waals surface area contributed by atoms with E-state index >= 15 is 0 Å². The largest absolute Gasteiger partial charge is 0.497 e. The van der Waals surface area contributed by atoms with Crippen molar-refractivity contribution in [3.8, 4) is 11.5 Å². The van der Waals surface area contributed by atoms with Crippen molar-refractivity contribution in [2.24, 2.45) is 0 Å². The minimum atomic E-state index is -0.460. The van der Waals surface area contributed by atoms with E-state index in [1.165, 1.54) is 0 Å². The number of methoxy groups -OCH3 is 2. The average Bonchev–Trinajstić information content (AvgIpc) is 2.69. The molecule has 2 rings (SSSR count). The van der Waals surface area contributed by atoms with E-state index in [1.54, 1.807) is 14.2 Å². The number of hydrogen-bond acceptors (Lipinski definition) is 5. The van der Waals surface area contributed by atoms with Gasteiger partial charge < -0.3 is 14.2 Å². The van der Waals surface area contributed by atoms with Gasteiger partial charge in [0.15, 0.2) is 0 Å². The van der Waals surface area contributed by atoms with Gasteiger partial charge in [-0.1, -0.05) is 24.3 Å². The quantitative estimate of drug-likeness (QED) is 0.465. The Hall–Kier alpha value is -2.82. The first-order valence-electron chi connectivity index (χ1n) is 9.10. The Morgan fingerprint density at radius 3 is 1.37 bits per heavy atom. The molecule has 0 unspecified atom stereocenters. The van der Waals surface area contributed by atoms with Crippen molar-refractivity contribution in [2.45, 2.75) is 38.5 Å². The Bertz CT molecular complexity index is 656. The normalized spacial score (nSPS) is 10.3. The summed E-state index contributed by atoms with van der Waals surface area (Å²) >= 11 is 0. The number of esters is 2. The van der Waals surface area contributed by atoms with Crippen molar-refractivity contribution in [3.63, 3.8) is 0 Å². The zero-order valence-electron chi connectivity index (χ0n) is 15.9. The maximum atomic E-state index is 11.8. The lowest BCUT2D eigenvalue weighted by atomic mass is 10.1. The minimum Gasteiger partial charge on any atom is -0.497 e. The van der Waals surface area contributed by atoms with E-state index < -0.39 is 11.9 Å². The first-order chi connectivity index (χ1) is 13.1. The first-order valence-corrected chi connectivity index (χ1v) is 9.10. The van der Waals surface area contributed by atoms with E-state index in [2.05, 4.69) is 0 Å². The molecule has 0 aliphatic rings. The van der Waals surface area contributed by atoms with E-state index in [0.29, 0.717) is 12.8 Å². The molecule has 0 radical (unpaired) electrons. The smallest absolute Gasteiger partial charge is 0.313 e. The summed E-state index contributed by atoms with van der Waals surface area (Å²) in [4.78, 5) is 23.5. The molecule has 0 N–H and O–H groups in total. The molecule has 27 heavy (non-hydrogen) atoms. The van der Waals surface area contributed by atoms with Crippen LogP contribution in [0, 0.1) is 0 Å². The molecule has 0 bridgehead atoms. The van der Waals surface area contributed by atoms with Gasteiger partial charge in [-0.15, -0.1) is 0 Å². The van der Waals surface area contributed by atoms with Crippen LogP contribution in [-0.4, -0.2) is 26.2 Å². The second-order valence-corrected chi connectivity index (χ2v) is 6.25. The van der Waals surface area contributed by atoms with E-state index in [4.69, 9.17) is 14.2 Å². The second kappa shape index (κ2) is 11.0. The van der Waals surface area contributed by atoms with Crippen molar-refractivity contribution in [3.05, 3.63) is 59.7 Å². The van der Waals surface area contributed by atoms with Gasteiger partial charge in [-0.05, 0) is 61.1 Å². The lowest BCUT2D eigenvalue weighted by Crippen LogP contribution is -2.12. The van der Waals surface area contributed by atoms with E-state index in [9.17, 15) is 9.59 Å². The maximum absolute atomic E-state index is 11.8. The van der Waals surface area contributed by atoms with Crippen LogP contribution in [-0.2, 0) is 27.2 Å². The SMILES string of the molecule is COc1ccc(CCCC(=O)OC(=O)CCCc2ccc(OC)cc2)cc1. The molecule has 2 aromatic carbocycles. The van der Waals surface area contributed by atoms with Crippen LogP contribution >= 0.6 is 0 Å². The van der Waals surface area contributed by atoms with Gasteiger partial charge in [-0.3, -0.25) is 9.59 Å². The van der Waals surface area contributed by atoms with Crippen molar-refractivity contribution in [2.75, 3.05) is 14.2 Å². The summed E-state index contributed by atoms with van der Waals surface area (Å²) in [6, 6.07) is 15.4. The molecule has 2 aromatic rings. The predicted octanol–water partition coefficient (Wildman–Crippen LogP) is 4.12. The monoisotopic (exact) mass is 370 g/mol. The molecule has 0 spiro atoms. The number of hydrogen-bond donors (Lipinski definition) is 0. The third-order valence-electron chi connectivity index (χ3n) is 4.24. The van der Waals surface area contributed by atoms with Crippen LogP contribution in [0.5, 0.6) is 11.5 Å². The molecule has 5 nitrogen and oxygen atoms in total. The summed E-state index contributed by atoms with van der Waals surface area (Å²) in [6.45, 7) is 0. The van der Waals surface area contributed by atoms with Crippen molar-refractivity contribution in [1.29, 1.82) is 0 Å². The lowest BCUT2D eigenvalue weighted by Gasteiger charge is -2.05. The molecular formula is C22H26O5. The summed E-state index contributed by atoms with van der Waals surface area (Å²) in [5.74, 6) is 0.688. The summed E-state index contributed by atoms with van der Waals surface area (Å²) in [5.41, 5.74) is 2.24. The van der Waals surface area contributed by atoms with E-state index in [-0.39, 0.29) is 12.8 Å². The Morgan fingerprint density at radius 1 is 0.667 bits per heavy atom. The molecule has 0 aliphatic heterocycles. The van der Waals surface area contributed by atoms with Gasteiger partial charge in [0.2, 0.25) is 0 Å². The Kier molecular flexibility index (Phi) is 8.36.